The summed E-state index contributed by atoms with van der Waals surface area (Å²) in [6.07, 6.45) is 4.49. The highest BCUT2D eigenvalue weighted by molar-refractivity contribution is 5.38. The van der Waals surface area contributed by atoms with Crippen molar-refractivity contribution in [2.45, 2.75) is 59.4 Å². The second-order valence-electron chi connectivity index (χ2n) is 5.33. The van der Waals surface area contributed by atoms with Crippen LogP contribution in [0, 0.1) is 0 Å². The quantitative estimate of drug-likeness (QED) is 0.669. The zero-order valence-corrected chi connectivity index (χ0v) is 14.0. The molecule has 1 N–H and O–H groups in total. The van der Waals surface area contributed by atoms with E-state index in [0.717, 1.165) is 19.4 Å². The average Bonchev–Trinajstić information content (AvgIpc) is 2.48. The standard InChI is InChI=1S/C15H29N5O/c1-6-8-9-10-20(12(3)4)14-17-13(16-5)18-15(19-14)21-11-7-2/h12H,6-11H2,1-5H3,(H,16,17,18,19). The maximum absolute atomic E-state index is 5.56. The SMILES string of the molecule is CCCCCN(c1nc(NC)nc(OCCC)n1)C(C)C. The smallest absolute Gasteiger partial charge is 0.323 e. The first kappa shape index (κ1) is 17.5. The molecule has 6 heteroatoms. The van der Waals surface area contributed by atoms with Crippen LogP contribution < -0.4 is 15.0 Å². The minimum Gasteiger partial charge on any atom is -0.463 e. The summed E-state index contributed by atoms with van der Waals surface area (Å²) in [5.41, 5.74) is 0. The van der Waals surface area contributed by atoms with E-state index < -0.39 is 0 Å². The van der Waals surface area contributed by atoms with Gasteiger partial charge in [0, 0.05) is 19.6 Å². The van der Waals surface area contributed by atoms with Gasteiger partial charge in [-0.15, -0.1) is 0 Å². The summed E-state index contributed by atoms with van der Waals surface area (Å²) in [5.74, 6) is 1.24. The van der Waals surface area contributed by atoms with Crippen LogP contribution in [0.3, 0.4) is 0 Å². The molecule has 0 fully saturated rings. The van der Waals surface area contributed by atoms with Gasteiger partial charge < -0.3 is 15.0 Å². The molecular formula is C15H29N5O. The van der Waals surface area contributed by atoms with Gasteiger partial charge in [-0.2, -0.15) is 15.0 Å². The number of ether oxygens (including phenoxy) is 1. The highest BCUT2D eigenvalue weighted by Crippen LogP contribution is 2.18. The van der Waals surface area contributed by atoms with Gasteiger partial charge in [0.2, 0.25) is 11.9 Å². The monoisotopic (exact) mass is 295 g/mol. The first-order valence-corrected chi connectivity index (χ1v) is 7.95. The Morgan fingerprint density at radius 2 is 1.86 bits per heavy atom. The van der Waals surface area contributed by atoms with Crippen LogP contribution >= 0.6 is 0 Å². The van der Waals surface area contributed by atoms with Gasteiger partial charge in [0.1, 0.15) is 0 Å². The zero-order chi connectivity index (χ0) is 15.7. The molecule has 0 aliphatic rings. The molecule has 0 saturated heterocycles. The predicted octanol–water partition coefficient (Wildman–Crippen LogP) is 3.11. The summed E-state index contributed by atoms with van der Waals surface area (Å²) in [4.78, 5) is 15.4. The minimum absolute atomic E-state index is 0.341. The molecule has 0 aromatic carbocycles. The first-order chi connectivity index (χ1) is 10.1. The van der Waals surface area contributed by atoms with Crippen LogP contribution in [0.1, 0.15) is 53.4 Å². The Morgan fingerprint density at radius 3 is 2.43 bits per heavy atom. The lowest BCUT2D eigenvalue weighted by Crippen LogP contribution is -2.33. The number of unbranched alkanes of at least 4 members (excludes halogenated alkanes) is 2. The third kappa shape index (κ3) is 5.73. The average molecular weight is 295 g/mol. The van der Waals surface area contributed by atoms with E-state index in [0.29, 0.717) is 30.6 Å². The van der Waals surface area contributed by atoms with Gasteiger partial charge in [0.05, 0.1) is 6.61 Å². The van der Waals surface area contributed by atoms with Gasteiger partial charge >= 0.3 is 6.01 Å². The molecule has 1 aromatic rings. The van der Waals surface area contributed by atoms with E-state index in [1.807, 2.05) is 0 Å². The Morgan fingerprint density at radius 1 is 1.10 bits per heavy atom. The van der Waals surface area contributed by atoms with Gasteiger partial charge in [-0.3, -0.25) is 0 Å². The summed E-state index contributed by atoms with van der Waals surface area (Å²) in [6, 6.07) is 0.736. The highest BCUT2D eigenvalue weighted by Gasteiger charge is 2.16. The lowest BCUT2D eigenvalue weighted by Gasteiger charge is -2.27. The lowest BCUT2D eigenvalue weighted by molar-refractivity contribution is 0.291. The molecule has 0 radical (unpaired) electrons. The van der Waals surface area contributed by atoms with Crippen molar-refractivity contribution in [3.05, 3.63) is 0 Å². The van der Waals surface area contributed by atoms with E-state index >= 15 is 0 Å². The Bertz CT molecular complexity index is 411. The summed E-state index contributed by atoms with van der Waals surface area (Å²) < 4.78 is 5.56. The third-order valence-corrected chi connectivity index (χ3v) is 3.14. The molecule has 1 heterocycles. The normalized spacial score (nSPS) is 10.8. The van der Waals surface area contributed by atoms with Gasteiger partial charge in [0.15, 0.2) is 0 Å². The molecule has 0 saturated carbocycles. The maximum atomic E-state index is 5.56. The fourth-order valence-electron chi connectivity index (χ4n) is 1.97. The van der Waals surface area contributed by atoms with Crippen LogP contribution in [0.25, 0.3) is 0 Å². The number of aromatic nitrogens is 3. The van der Waals surface area contributed by atoms with Crippen molar-refractivity contribution >= 4 is 11.9 Å². The highest BCUT2D eigenvalue weighted by atomic mass is 16.5. The summed E-state index contributed by atoms with van der Waals surface area (Å²) >= 11 is 0. The molecule has 0 aliphatic carbocycles. The van der Waals surface area contributed by atoms with Crippen LogP contribution in [0.4, 0.5) is 11.9 Å². The number of hydrogen-bond acceptors (Lipinski definition) is 6. The Balaban J connectivity index is 2.93. The number of nitrogens with one attached hydrogen (secondary N) is 1. The largest absolute Gasteiger partial charge is 0.463 e. The Labute approximate surface area is 128 Å². The van der Waals surface area contributed by atoms with Crippen molar-refractivity contribution in [1.29, 1.82) is 0 Å². The fraction of sp³-hybridized carbons (Fsp3) is 0.800. The molecular weight excluding hydrogens is 266 g/mol. The molecule has 0 amide bonds. The topological polar surface area (TPSA) is 63.2 Å². The van der Waals surface area contributed by atoms with Crippen molar-refractivity contribution in [1.82, 2.24) is 15.0 Å². The van der Waals surface area contributed by atoms with Crippen LogP contribution in [0.15, 0.2) is 0 Å². The van der Waals surface area contributed by atoms with Gasteiger partial charge in [-0.25, -0.2) is 0 Å². The number of rotatable bonds is 10. The number of nitrogens with zero attached hydrogens (tertiary/aromatic N) is 4. The predicted molar refractivity (Wildman–Crippen MR) is 87.2 cm³/mol. The van der Waals surface area contributed by atoms with E-state index in [2.05, 4.69) is 52.9 Å². The Hall–Kier alpha value is -1.59. The van der Waals surface area contributed by atoms with E-state index in [1.54, 1.807) is 7.05 Å². The lowest BCUT2D eigenvalue weighted by atomic mass is 10.2. The second kappa shape index (κ2) is 9.37. The molecule has 0 bridgehead atoms. The van der Waals surface area contributed by atoms with Crippen molar-refractivity contribution in [3.8, 4) is 6.01 Å². The van der Waals surface area contributed by atoms with E-state index in [4.69, 9.17) is 4.74 Å². The Kier molecular flexibility index (Phi) is 7.79. The van der Waals surface area contributed by atoms with Crippen LogP contribution in [0.5, 0.6) is 6.01 Å². The number of anilines is 2. The second-order valence-corrected chi connectivity index (χ2v) is 5.33. The summed E-state index contributed by atoms with van der Waals surface area (Å²) in [5, 5.41) is 2.98. The van der Waals surface area contributed by atoms with Gasteiger partial charge in [-0.05, 0) is 26.7 Å². The van der Waals surface area contributed by atoms with Gasteiger partial charge in [0.25, 0.3) is 0 Å². The zero-order valence-electron chi connectivity index (χ0n) is 14.0. The van der Waals surface area contributed by atoms with Crippen LogP contribution in [0.2, 0.25) is 0 Å². The van der Waals surface area contributed by atoms with E-state index in [9.17, 15) is 0 Å². The van der Waals surface area contributed by atoms with E-state index in [-0.39, 0.29) is 0 Å². The van der Waals surface area contributed by atoms with Crippen LogP contribution in [-0.4, -0.2) is 41.2 Å². The summed E-state index contributed by atoms with van der Waals surface area (Å²) in [7, 11) is 1.81. The number of hydrogen-bond donors (Lipinski definition) is 1. The first-order valence-electron chi connectivity index (χ1n) is 7.95. The molecule has 1 rings (SSSR count). The minimum atomic E-state index is 0.341. The van der Waals surface area contributed by atoms with Crippen molar-refractivity contribution < 1.29 is 4.74 Å². The third-order valence-electron chi connectivity index (χ3n) is 3.14. The molecule has 120 valence electrons. The molecule has 6 nitrogen and oxygen atoms in total. The molecule has 1 aromatic heterocycles. The van der Waals surface area contributed by atoms with Gasteiger partial charge in [-0.1, -0.05) is 26.7 Å². The van der Waals surface area contributed by atoms with Crippen molar-refractivity contribution in [2.75, 3.05) is 30.4 Å². The summed E-state index contributed by atoms with van der Waals surface area (Å²) in [6.45, 7) is 10.1. The fourth-order valence-corrected chi connectivity index (χ4v) is 1.97. The van der Waals surface area contributed by atoms with Crippen LogP contribution in [-0.2, 0) is 0 Å². The maximum Gasteiger partial charge on any atom is 0.323 e. The molecule has 21 heavy (non-hydrogen) atoms. The van der Waals surface area contributed by atoms with Crippen molar-refractivity contribution in [3.63, 3.8) is 0 Å². The molecule has 0 spiro atoms. The molecule has 0 unspecified atom stereocenters. The van der Waals surface area contributed by atoms with Crippen molar-refractivity contribution in [2.24, 2.45) is 0 Å². The molecule has 0 aliphatic heterocycles. The van der Waals surface area contributed by atoms with E-state index in [1.165, 1.54) is 12.8 Å². The molecule has 0 atom stereocenters.